The Balaban J connectivity index is 1.13. The molecule has 10 nitrogen and oxygen atoms in total. The van der Waals surface area contributed by atoms with Crippen molar-refractivity contribution in [2.24, 2.45) is 0 Å². The molecule has 2 aromatic heterocycles. The number of fused-ring (bicyclic) bond motifs is 1. The number of ether oxygens (including phenoxy) is 3. The number of aromatic nitrogens is 5. The van der Waals surface area contributed by atoms with Gasteiger partial charge in [-0.1, -0.05) is 5.21 Å². The van der Waals surface area contributed by atoms with Crippen LogP contribution in [0.3, 0.4) is 0 Å². The molecule has 3 aliphatic heterocycles. The van der Waals surface area contributed by atoms with Crippen molar-refractivity contribution in [3.63, 3.8) is 0 Å². The zero-order valence-electron chi connectivity index (χ0n) is 18.0. The first kappa shape index (κ1) is 20.6. The van der Waals surface area contributed by atoms with Gasteiger partial charge in [-0.2, -0.15) is 5.10 Å². The average molecular weight is 431 g/mol. The molecule has 3 aliphatic rings. The molecular formula is C21H30N6O4. The fraction of sp³-hybridized carbons (Fsp3) is 0.714. The largest absolute Gasteiger partial charge is 0.376 e. The number of carbonyl (C=O) groups excluding carboxylic acids is 1. The number of amides is 1. The number of piperidine rings is 1. The molecule has 5 heterocycles. The average Bonchev–Trinajstić information content (AvgIpc) is 3.51. The van der Waals surface area contributed by atoms with Crippen LogP contribution in [0.15, 0.2) is 12.4 Å². The van der Waals surface area contributed by atoms with Crippen molar-refractivity contribution in [2.45, 2.75) is 70.6 Å². The molecule has 1 spiro atoms. The van der Waals surface area contributed by atoms with Crippen LogP contribution in [0.1, 0.15) is 42.6 Å². The number of carbonyl (C=O) groups is 1. The van der Waals surface area contributed by atoms with Crippen molar-refractivity contribution < 1.29 is 19.0 Å². The van der Waals surface area contributed by atoms with Gasteiger partial charge in [0.2, 0.25) is 5.91 Å². The van der Waals surface area contributed by atoms with Crippen molar-refractivity contribution in [3.8, 4) is 0 Å². The molecule has 0 radical (unpaired) electrons. The molecule has 31 heavy (non-hydrogen) atoms. The summed E-state index contributed by atoms with van der Waals surface area (Å²) < 4.78 is 21.4. The smallest absolute Gasteiger partial charge is 0.244 e. The van der Waals surface area contributed by atoms with Crippen LogP contribution < -0.4 is 0 Å². The van der Waals surface area contributed by atoms with Gasteiger partial charge in [0.15, 0.2) is 0 Å². The van der Waals surface area contributed by atoms with Gasteiger partial charge in [-0.25, -0.2) is 4.68 Å². The third-order valence-corrected chi connectivity index (χ3v) is 6.52. The molecular weight excluding hydrogens is 400 g/mol. The Morgan fingerprint density at radius 1 is 1.35 bits per heavy atom. The summed E-state index contributed by atoms with van der Waals surface area (Å²) in [7, 11) is 0. The highest BCUT2D eigenvalue weighted by molar-refractivity contribution is 5.76. The van der Waals surface area contributed by atoms with E-state index < -0.39 is 0 Å². The number of nitrogens with zero attached hydrogens (tertiary/aromatic N) is 6. The van der Waals surface area contributed by atoms with Crippen LogP contribution in [0.2, 0.25) is 0 Å². The standard InChI is InChI=1S/C21H30N6O4/c1-16-9-22-26(10-16)11-20(28)25-6-4-21(5-7-25)15-27-19(14-31-21)18(23-24-27)13-29-12-17-3-2-8-30-17/h9-10,17H,2-8,11-15H2,1H3. The fourth-order valence-corrected chi connectivity index (χ4v) is 4.63. The lowest BCUT2D eigenvalue weighted by Gasteiger charge is -2.43. The third kappa shape index (κ3) is 4.51. The number of aryl methyl sites for hydroxylation is 1. The molecule has 0 aromatic carbocycles. The summed E-state index contributed by atoms with van der Waals surface area (Å²) in [6, 6.07) is 0. The topological polar surface area (TPSA) is 96.5 Å². The second kappa shape index (κ2) is 8.68. The van der Waals surface area contributed by atoms with Gasteiger partial charge in [0.05, 0.1) is 50.0 Å². The highest BCUT2D eigenvalue weighted by atomic mass is 16.5. The molecule has 1 amide bonds. The summed E-state index contributed by atoms with van der Waals surface area (Å²) in [4.78, 5) is 14.5. The lowest BCUT2D eigenvalue weighted by atomic mass is 9.90. The Morgan fingerprint density at radius 2 is 2.23 bits per heavy atom. The van der Waals surface area contributed by atoms with Gasteiger partial charge in [-0.15, -0.1) is 5.10 Å². The van der Waals surface area contributed by atoms with E-state index in [1.165, 1.54) is 0 Å². The Labute approximate surface area is 181 Å². The Morgan fingerprint density at radius 3 is 2.97 bits per heavy atom. The predicted octanol–water partition coefficient (Wildman–Crippen LogP) is 1.07. The van der Waals surface area contributed by atoms with Gasteiger partial charge >= 0.3 is 0 Å². The van der Waals surface area contributed by atoms with Crippen LogP contribution in [0.5, 0.6) is 0 Å². The molecule has 2 aromatic rings. The van der Waals surface area contributed by atoms with E-state index >= 15 is 0 Å². The summed E-state index contributed by atoms with van der Waals surface area (Å²) in [5, 5.41) is 12.9. The molecule has 0 N–H and O–H groups in total. The van der Waals surface area contributed by atoms with Crippen molar-refractivity contribution in [1.29, 1.82) is 0 Å². The Bertz CT molecular complexity index is 911. The summed E-state index contributed by atoms with van der Waals surface area (Å²) in [6.45, 7) is 6.62. The van der Waals surface area contributed by atoms with E-state index in [9.17, 15) is 4.79 Å². The van der Waals surface area contributed by atoms with E-state index in [1.807, 2.05) is 22.7 Å². The summed E-state index contributed by atoms with van der Waals surface area (Å²) in [5.74, 6) is 0.0980. The maximum Gasteiger partial charge on any atom is 0.244 e. The number of likely N-dealkylation sites (tertiary alicyclic amines) is 1. The van der Waals surface area contributed by atoms with E-state index in [0.29, 0.717) is 39.5 Å². The molecule has 10 heteroatoms. The monoisotopic (exact) mass is 430 g/mol. The zero-order chi connectivity index (χ0) is 21.3. The van der Waals surface area contributed by atoms with Crippen molar-refractivity contribution in [1.82, 2.24) is 29.7 Å². The SMILES string of the molecule is Cc1cnn(CC(=O)N2CCC3(CC2)Cn2nnc(COCC4CCCO4)c2CO3)c1. The van der Waals surface area contributed by atoms with Crippen molar-refractivity contribution in [3.05, 3.63) is 29.3 Å². The van der Waals surface area contributed by atoms with Crippen LogP contribution >= 0.6 is 0 Å². The first-order valence-corrected chi connectivity index (χ1v) is 11.1. The van der Waals surface area contributed by atoms with Crippen molar-refractivity contribution >= 4 is 5.91 Å². The zero-order valence-corrected chi connectivity index (χ0v) is 18.0. The summed E-state index contributed by atoms with van der Waals surface area (Å²) in [6.07, 6.45) is 7.62. The molecule has 1 unspecified atom stereocenters. The molecule has 0 aliphatic carbocycles. The van der Waals surface area contributed by atoms with Crippen molar-refractivity contribution in [2.75, 3.05) is 26.3 Å². The summed E-state index contributed by atoms with van der Waals surface area (Å²) >= 11 is 0. The number of hydrogen-bond donors (Lipinski definition) is 0. The second-order valence-electron chi connectivity index (χ2n) is 8.86. The number of hydrogen-bond acceptors (Lipinski definition) is 7. The maximum atomic E-state index is 12.6. The van der Waals surface area contributed by atoms with Crippen LogP contribution in [-0.4, -0.2) is 73.6 Å². The van der Waals surface area contributed by atoms with Gasteiger partial charge < -0.3 is 19.1 Å². The van der Waals surface area contributed by atoms with E-state index in [1.54, 1.807) is 10.9 Å². The van der Waals surface area contributed by atoms with Crippen LogP contribution in [0.25, 0.3) is 0 Å². The van der Waals surface area contributed by atoms with E-state index in [2.05, 4.69) is 15.4 Å². The second-order valence-corrected chi connectivity index (χ2v) is 8.86. The third-order valence-electron chi connectivity index (χ3n) is 6.52. The van der Waals surface area contributed by atoms with Gasteiger partial charge in [-0.05, 0) is 38.2 Å². The van der Waals surface area contributed by atoms with E-state index in [0.717, 1.165) is 49.2 Å². The van der Waals surface area contributed by atoms with Crippen LogP contribution in [0.4, 0.5) is 0 Å². The predicted molar refractivity (Wildman–Crippen MR) is 109 cm³/mol. The lowest BCUT2D eigenvalue weighted by Crippen LogP contribution is -2.52. The fourth-order valence-electron chi connectivity index (χ4n) is 4.63. The van der Waals surface area contributed by atoms with E-state index in [4.69, 9.17) is 14.2 Å². The highest BCUT2D eigenvalue weighted by Gasteiger charge is 2.41. The molecule has 2 saturated heterocycles. The molecule has 0 saturated carbocycles. The van der Waals surface area contributed by atoms with Gasteiger partial charge in [0.1, 0.15) is 12.2 Å². The quantitative estimate of drug-likeness (QED) is 0.676. The molecule has 168 valence electrons. The van der Waals surface area contributed by atoms with Crippen LogP contribution in [0, 0.1) is 6.92 Å². The highest BCUT2D eigenvalue weighted by Crippen LogP contribution is 2.33. The lowest BCUT2D eigenvalue weighted by molar-refractivity contribution is -0.146. The molecule has 2 fully saturated rings. The minimum absolute atomic E-state index is 0.0980. The van der Waals surface area contributed by atoms with E-state index in [-0.39, 0.29) is 24.2 Å². The van der Waals surface area contributed by atoms with Gasteiger partial charge in [-0.3, -0.25) is 9.48 Å². The van der Waals surface area contributed by atoms with Gasteiger partial charge in [0.25, 0.3) is 0 Å². The minimum atomic E-state index is -0.282. The minimum Gasteiger partial charge on any atom is -0.376 e. The molecule has 1 atom stereocenters. The first-order chi connectivity index (χ1) is 15.1. The maximum absolute atomic E-state index is 12.6. The first-order valence-electron chi connectivity index (χ1n) is 11.1. The Kier molecular flexibility index (Phi) is 5.77. The van der Waals surface area contributed by atoms with Gasteiger partial charge in [0, 0.05) is 25.9 Å². The number of rotatable bonds is 6. The summed E-state index contributed by atoms with van der Waals surface area (Å²) in [5.41, 5.74) is 2.61. The van der Waals surface area contributed by atoms with Crippen LogP contribution in [-0.2, 0) is 45.3 Å². The normalized spacial score (nSPS) is 22.7. The Hall–Kier alpha value is -2.30. The molecule has 5 rings (SSSR count). The molecule has 0 bridgehead atoms.